The molecule has 1 rings (SSSR count). The topological polar surface area (TPSA) is 0 Å². The predicted molar refractivity (Wildman–Crippen MR) is 105 cm³/mol. The number of allylic oxidation sites excluding steroid dienone is 22. The Morgan fingerprint density at radius 1 is 0.217 bits per heavy atom. The number of hydrogen-bond acceptors (Lipinski definition) is 0. The second kappa shape index (κ2) is 15.5. The molecule has 0 saturated heterocycles. The van der Waals surface area contributed by atoms with Crippen molar-refractivity contribution in [2.24, 2.45) is 0 Å². The van der Waals surface area contributed by atoms with Crippen LogP contribution in [0.2, 0.25) is 0 Å². The minimum atomic E-state index is 0.935. The monoisotopic (exact) mass is 300 g/mol. The van der Waals surface area contributed by atoms with E-state index in [1.807, 2.05) is 109 Å². The summed E-state index contributed by atoms with van der Waals surface area (Å²) in [5.41, 5.74) is 0. The van der Waals surface area contributed by atoms with Crippen LogP contribution < -0.4 is 0 Å². The van der Waals surface area contributed by atoms with Crippen LogP contribution >= 0.6 is 0 Å². The van der Waals surface area contributed by atoms with Gasteiger partial charge in [-0.3, -0.25) is 0 Å². The maximum Gasteiger partial charge on any atom is -0.0163 e. The maximum absolute atomic E-state index is 2.12. The van der Waals surface area contributed by atoms with E-state index in [2.05, 4.69) is 24.3 Å². The van der Waals surface area contributed by atoms with Gasteiger partial charge in [0.2, 0.25) is 0 Å². The molecule has 0 aromatic rings. The molecule has 0 fully saturated rings. The highest BCUT2D eigenvalue weighted by molar-refractivity contribution is 5.23. The van der Waals surface area contributed by atoms with E-state index in [-0.39, 0.29) is 0 Å². The SMILES string of the molecule is C1=CC\C=C/C=C\C=C/C=C\C=C/C=C\C=C/C=C\C=C/C=C\1. The second-order valence-corrected chi connectivity index (χ2v) is 4.56. The van der Waals surface area contributed by atoms with Gasteiger partial charge in [0.25, 0.3) is 0 Å². The normalized spacial score (nSPS) is 30.3. The molecule has 0 aromatic carbocycles. The maximum atomic E-state index is 2.12. The van der Waals surface area contributed by atoms with Crippen LogP contribution in [0.5, 0.6) is 0 Å². The zero-order valence-electron chi connectivity index (χ0n) is 13.4. The van der Waals surface area contributed by atoms with Crippen LogP contribution in [0.15, 0.2) is 134 Å². The van der Waals surface area contributed by atoms with Crippen molar-refractivity contribution < 1.29 is 0 Å². The summed E-state index contributed by atoms with van der Waals surface area (Å²) in [7, 11) is 0. The van der Waals surface area contributed by atoms with Crippen molar-refractivity contribution in [3.05, 3.63) is 134 Å². The van der Waals surface area contributed by atoms with Gasteiger partial charge in [-0.05, 0) is 6.42 Å². The van der Waals surface area contributed by atoms with Gasteiger partial charge in [-0.15, -0.1) is 0 Å². The highest BCUT2D eigenvalue weighted by Crippen LogP contribution is 1.90. The van der Waals surface area contributed by atoms with E-state index in [1.165, 1.54) is 0 Å². The van der Waals surface area contributed by atoms with Gasteiger partial charge in [-0.2, -0.15) is 0 Å². The first-order valence-corrected chi connectivity index (χ1v) is 7.82. The van der Waals surface area contributed by atoms with Crippen LogP contribution in [-0.4, -0.2) is 0 Å². The summed E-state index contributed by atoms with van der Waals surface area (Å²) >= 11 is 0. The van der Waals surface area contributed by atoms with Crippen molar-refractivity contribution >= 4 is 0 Å². The zero-order valence-corrected chi connectivity index (χ0v) is 13.4. The Morgan fingerprint density at radius 3 is 0.609 bits per heavy atom. The molecule has 0 heterocycles. The summed E-state index contributed by atoms with van der Waals surface area (Å²) < 4.78 is 0. The molecule has 23 heavy (non-hydrogen) atoms. The average Bonchev–Trinajstić information content (AvgIpc) is 2.56. The molecular weight excluding hydrogens is 276 g/mol. The Balaban J connectivity index is 2.63. The number of hydrogen-bond donors (Lipinski definition) is 0. The van der Waals surface area contributed by atoms with Gasteiger partial charge in [0.1, 0.15) is 0 Å². The van der Waals surface area contributed by atoms with E-state index >= 15 is 0 Å². The van der Waals surface area contributed by atoms with Gasteiger partial charge in [0.15, 0.2) is 0 Å². The average molecular weight is 300 g/mol. The summed E-state index contributed by atoms with van der Waals surface area (Å²) in [6.45, 7) is 0. The molecular formula is C23H24. The lowest BCUT2D eigenvalue weighted by atomic mass is 10.3. The van der Waals surface area contributed by atoms with Crippen LogP contribution in [-0.2, 0) is 0 Å². The first-order chi connectivity index (χ1) is 11.5. The van der Waals surface area contributed by atoms with E-state index in [4.69, 9.17) is 0 Å². The molecule has 0 spiro atoms. The smallest absolute Gasteiger partial charge is 0.0163 e. The van der Waals surface area contributed by atoms with Crippen LogP contribution in [0.4, 0.5) is 0 Å². The van der Waals surface area contributed by atoms with Gasteiger partial charge >= 0.3 is 0 Å². The summed E-state index contributed by atoms with van der Waals surface area (Å²) in [5.74, 6) is 0. The molecule has 0 saturated carbocycles. The Hall–Kier alpha value is -2.86. The third-order valence-corrected chi connectivity index (χ3v) is 2.66. The van der Waals surface area contributed by atoms with Crippen molar-refractivity contribution in [3.8, 4) is 0 Å². The molecule has 0 bridgehead atoms. The first-order valence-electron chi connectivity index (χ1n) is 7.82. The first kappa shape index (κ1) is 18.2. The molecule has 0 nitrogen and oxygen atoms in total. The Kier molecular flexibility index (Phi) is 12.3. The lowest BCUT2D eigenvalue weighted by Crippen LogP contribution is -1.58. The van der Waals surface area contributed by atoms with Gasteiger partial charge in [-0.25, -0.2) is 0 Å². The lowest BCUT2D eigenvalue weighted by Gasteiger charge is -1.79. The second-order valence-electron chi connectivity index (χ2n) is 4.56. The van der Waals surface area contributed by atoms with Gasteiger partial charge in [-0.1, -0.05) is 134 Å². The Labute approximate surface area is 140 Å². The Morgan fingerprint density at radius 2 is 0.391 bits per heavy atom. The molecule has 0 unspecified atom stereocenters. The van der Waals surface area contributed by atoms with Crippen LogP contribution in [0.1, 0.15) is 6.42 Å². The standard InChI is InChI=1S/C23H24/c1-2-4-6-8-10-12-14-16-18-20-22-23-21-19-17-15-13-11-9-7-5-3-1/h1-22H,23H2/b2-1-,5-3-,6-4-,9-7-,10-8-,13-11-,14-12-,17-15-,18-16-,21-19-,22-20?. The van der Waals surface area contributed by atoms with Crippen molar-refractivity contribution in [2.75, 3.05) is 0 Å². The highest BCUT2D eigenvalue weighted by Gasteiger charge is 1.69. The predicted octanol–water partition coefficient (Wildman–Crippen LogP) is 6.51. The highest BCUT2D eigenvalue weighted by atomic mass is 13.8. The fourth-order valence-corrected chi connectivity index (χ4v) is 1.55. The third kappa shape index (κ3) is 13.9. The van der Waals surface area contributed by atoms with E-state index in [0.717, 1.165) is 6.42 Å². The molecule has 0 aliphatic heterocycles. The minimum absolute atomic E-state index is 0.935. The fraction of sp³-hybridized carbons (Fsp3) is 0.0435. The quantitative estimate of drug-likeness (QED) is 0.478. The summed E-state index contributed by atoms with van der Waals surface area (Å²) in [5, 5.41) is 0. The van der Waals surface area contributed by atoms with E-state index in [1.54, 1.807) is 0 Å². The van der Waals surface area contributed by atoms with Crippen LogP contribution in [0, 0.1) is 0 Å². The Bertz CT molecular complexity index is 552. The zero-order chi connectivity index (χ0) is 16.3. The molecule has 0 heteroatoms. The van der Waals surface area contributed by atoms with Crippen molar-refractivity contribution in [1.82, 2.24) is 0 Å². The molecule has 0 amide bonds. The number of rotatable bonds is 0. The molecule has 0 N–H and O–H groups in total. The summed E-state index contributed by atoms with van der Waals surface area (Å²) in [6, 6.07) is 0. The fourth-order valence-electron chi connectivity index (χ4n) is 1.55. The van der Waals surface area contributed by atoms with E-state index in [0.29, 0.717) is 0 Å². The van der Waals surface area contributed by atoms with Gasteiger partial charge in [0, 0.05) is 0 Å². The molecule has 0 radical (unpaired) electrons. The van der Waals surface area contributed by atoms with Crippen molar-refractivity contribution in [2.45, 2.75) is 6.42 Å². The van der Waals surface area contributed by atoms with Gasteiger partial charge < -0.3 is 0 Å². The molecule has 0 aromatic heterocycles. The van der Waals surface area contributed by atoms with Gasteiger partial charge in [0.05, 0.1) is 0 Å². The molecule has 1 aliphatic carbocycles. The van der Waals surface area contributed by atoms with E-state index in [9.17, 15) is 0 Å². The molecule has 1 aliphatic rings. The van der Waals surface area contributed by atoms with Crippen molar-refractivity contribution in [3.63, 3.8) is 0 Å². The largest absolute Gasteiger partial charge is 0.0807 e. The van der Waals surface area contributed by atoms with Crippen LogP contribution in [0.25, 0.3) is 0 Å². The van der Waals surface area contributed by atoms with Crippen LogP contribution in [0.3, 0.4) is 0 Å². The third-order valence-electron chi connectivity index (χ3n) is 2.66. The van der Waals surface area contributed by atoms with E-state index < -0.39 is 0 Å². The molecule has 116 valence electrons. The summed E-state index contributed by atoms with van der Waals surface area (Å²) in [6.07, 6.45) is 45.5. The summed E-state index contributed by atoms with van der Waals surface area (Å²) in [4.78, 5) is 0. The molecule has 0 atom stereocenters. The van der Waals surface area contributed by atoms with Crippen molar-refractivity contribution in [1.29, 1.82) is 0 Å². The lowest BCUT2D eigenvalue weighted by molar-refractivity contribution is 1.39. The minimum Gasteiger partial charge on any atom is -0.0807 e.